The predicted octanol–water partition coefficient (Wildman–Crippen LogP) is 7.96. The van der Waals surface area contributed by atoms with E-state index in [1.165, 1.54) is 0 Å². The van der Waals surface area contributed by atoms with Crippen LogP contribution in [-0.4, -0.2) is 15.0 Å². The normalized spacial score (nSPS) is 10.8. The summed E-state index contributed by atoms with van der Waals surface area (Å²) in [5.41, 5.74) is 6.96. The summed E-state index contributed by atoms with van der Waals surface area (Å²) in [4.78, 5) is 12.8. The number of imidazole rings is 1. The van der Waals surface area contributed by atoms with E-state index in [4.69, 9.17) is 14.5 Å². The maximum Gasteiger partial charge on any atom is 0.162 e. The highest BCUT2D eigenvalue weighted by Gasteiger charge is 2.17. The zero-order chi connectivity index (χ0) is 26.3. The van der Waals surface area contributed by atoms with Crippen molar-refractivity contribution in [3.8, 4) is 45.4 Å². The summed E-state index contributed by atoms with van der Waals surface area (Å²) in [6.07, 6.45) is 3.57. The summed E-state index contributed by atoms with van der Waals surface area (Å²) in [6, 6.07) is 40.4. The molecular weight excluding hydrogens is 482 g/mol. The van der Waals surface area contributed by atoms with E-state index in [-0.39, 0.29) is 0 Å². The lowest BCUT2D eigenvalue weighted by molar-refractivity contribution is 0.256. The van der Waals surface area contributed by atoms with Crippen molar-refractivity contribution in [1.82, 2.24) is 15.0 Å². The molecule has 4 aromatic carbocycles. The molecule has 0 unspecified atom stereocenters. The highest BCUT2D eigenvalue weighted by atomic mass is 16.5. The van der Waals surface area contributed by atoms with Gasteiger partial charge in [0, 0.05) is 29.1 Å². The van der Waals surface area contributed by atoms with Gasteiger partial charge < -0.3 is 14.5 Å². The summed E-state index contributed by atoms with van der Waals surface area (Å²) in [7, 11) is 0. The molecule has 6 aromatic rings. The fourth-order valence-electron chi connectivity index (χ4n) is 4.40. The summed E-state index contributed by atoms with van der Waals surface area (Å²) >= 11 is 0. The van der Waals surface area contributed by atoms with Crippen LogP contribution in [0.2, 0.25) is 0 Å². The number of hydrogen-bond donors (Lipinski definition) is 1. The molecule has 6 rings (SSSR count). The molecule has 2 aromatic heterocycles. The second-order valence-electron chi connectivity index (χ2n) is 9.12. The molecule has 0 bridgehead atoms. The number of nitrogens with zero attached hydrogens (tertiary/aromatic N) is 2. The second kappa shape index (κ2) is 11.5. The van der Waals surface area contributed by atoms with E-state index in [0.29, 0.717) is 24.7 Å². The van der Waals surface area contributed by atoms with Crippen molar-refractivity contribution in [1.29, 1.82) is 0 Å². The van der Waals surface area contributed by atoms with E-state index in [2.05, 4.69) is 22.1 Å². The van der Waals surface area contributed by atoms with Crippen LogP contribution in [-0.2, 0) is 13.2 Å². The van der Waals surface area contributed by atoms with Gasteiger partial charge in [-0.3, -0.25) is 4.98 Å². The van der Waals surface area contributed by atoms with E-state index < -0.39 is 0 Å². The topological polar surface area (TPSA) is 60.0 Å². The first-order valence-corrected chi connectivity index (χ1v) is 12.9. The third kappa shape index (κ3) is 5.73. The molecular formula is C34H27N3O2. The van der Waals surface area contributed by atoms with E-state index in [9.17, 15) is 0 Å². The fraction of sp³-hybridized carbons (Fsp3) is 0.0588. The zero-order valence-corrected chi connectivity index (χ0v) is 21.3. The Morgan fingerprint density at radius 2 is 1.13 bits per heavy atom. The van der Waals surface area contributed by atoms with Crippen LogP contribution >= 0.6 is 0 Å². The van der Waals surface area contributed by atoms with Crippen molar-refractivity contribution >= 4 is 0 Å². The number of pyridine rings is 1. The average Bonchev–Trinajstić information content (AvgIpc) is 3.47. The van der Waals surface area contributed by atoms with Gasteiger partial charge in [0.2, 0.25) is 0 Å². The van der Waals surface area contributed by atoms with Gasteiger partial charge in [0.25, 0.3) is 0 Å². The van der Waals surface area contributed by atoms with Gasteiger partial charge in [-0.1, -0.05) is 91.0 Å². The molecule has 0 spiro atoms. The molecule has 0 amide bonds. The van der Waals surface area contributed by atoms with Gasteiger partial charge in [-0.2, -0.15) is 0 Å². The van der Waals surface area contributed by atoms with Crippen molar-refractivity contribution in [2.45, 2.75) is 13.2 Å². The summed E-state index contributed by atoms with van der Waals surface area (Å²) in [5.74, 6) is 2.10. The minimum Gasteiger partial charge on any atom is -0.485 e. The molecule has 5 heteroatoms. The molecule has 2 heterocycles. The van der Waals surface area contributed by atoms with Crippen LogP contribution in [0.15, 0.2) is 134 Å². The van der Waals surface area contributed by atoms with Gasteiger partial charge >= 0.3 is 0 Å². The van der Waals surface area contributed by atoms with Crippen LogP contribution in [0, 0.1) is 0 Å². The molecule has 0 saturated carbocycles. The number of aromatic nitrogens is 3. The highest BCUT2D eigenvalue weighted by molar-refractivity contribution is 5.81. The van der Waals surface area contributed by atoms with Crippen molar-refractivity contribution in [2.75, 3.05) is 0 Å². The molecule has 0 aliphatic carbocycles. The van der Waals surface area contributed by atoms with E-state index in [1.54, 1.807) is 12.4 Å². The van der Waals surface area contributed by atoms with Crippen LogP contribution in [0.3, 0.4) is 0 Å². The van der Waals surface area contributed by atoms with Gasteiger partial charge in [-0.25, -0.2) is 4.98 Å². The van der Waals surface area contributed by atoms with Gasteiger partial charge in [-0.15, -0.1) is 0 Å². The highest BCUT2D eigenvalue weighted by Crippen LogP contribution is 2.37. The minimum atomic E-state index is 0.432. The molecule has 190 valence electrons. The molecule has 0 radical (unpaired) electrons. The molecule has 5 nitrogen and oxygen atoms in total. The van der Waals surface area contributed by atoms with Crippen molar-refractivity contribution in [3.05, 3.63) is 145 Å². The number of ether oxygens (including phenoxy) is 2. The Morgan fingerprint density at radius 3 is 1.77 bits per heavy atom. The first kappa shape index (κ1) is 24.2. The van der Waals surface area contributed by atoms with Crippen molar-refractivity contribution in [3.63, 3.8) is 0 Å². The first-order valence-electron chi connectivity index (χ1n) is 12.9. The number of nitrogens with one attached hydrogen (secondary N) is 1. The Bertz CT molecular complexity index is 1580. The van der Waals surface area contributed by atoms with E-state index in [1.807, 2.05) is 109 Å². The minimum absolute atomic E-state index is 0.432. The lowest BCUT2D eigenvalue weighted by Crippen LogP contribution is -2.01. The maximum absolute atomic E-state index is 6.31. The Balaban J connectivity index is 1.37. The standard InChI is InChI=1S/C34H27N3O2/c1-4-10-25(11-5-1)23-38-30-17-16-29(22-31(30)39-24-26-12-6-2-7-13-26)34-36-32(27-14-8-3-9-15-27)33(37-34)28-18-20-35-21-19-28/h1-22H,23-24H2,(H,36,37). The summed E-state index contributed by atoms with van der Waals surface area (Å²) in [5, 5.41) is 0. The average molecular weight is 510 g/mol. The second-order valence-corrected chi connectivity index (χ2v) is 9.12. The number of aromatic amines is 1. The number of H-pyrrole nitrogens is 1. The maximum atomic E-state index is 6.31. The largest absolute Gasteiger partial charge is 0.485 e. The van der Waals surface area contributed by atoms with Crippen LogP contribution in [0.5, 0.6) is 11.5 Å². The molecule has 0 saturated heterocycles. The third-order valence-electron chi connectivity index (χ3n) is 6.41. The van der Waals surface area contributed by atoms with Gasteiger partial charge in [0.1, 0.15) is 19.0 Å². The Morgan fingerprint density at radius 1 is 0.538 bits per heavy atom. The molecule has 0 aliphatic rings. The Kier molecular flexibility index (Phi) is 7.12. The van der Waals surface area contributed by atoms with Gasteiger partial charge in [0.05, 0.1) is 11.4 Å². The van der Waals surface area contributed by atoms with Crippen LogP contribution in [0.25, 0.3) is 33.9 Å². The lowest BCUT2D eigenvalue weighted by Gasteiger charge is -2.14. The Labute approximate surface area is 227 Å². The van der Waals surface area contributed by atoms with Gasteiger partial charge in [0.15, 0.2) is 11.5 Å². The van der Waals surface area contributed by atoms with E-state index in [0.717, 1.165) is 45.0 Å². The number of rotatable bonds is 9. The fourth-order valence-corrected chi connectivity index (χ4v) is 4.40. The van der Waals surface area contributed by atoms with Crippen LogP contribution in [0.1, 0.15) is 11.1 Å². The number of hydrogen-bond acceptors (Lipinski definition) is 4. The first-order chi connectivity index (χ1) is 19.3. The zero-order valence-electron chi connectivity index (χ0n) is 21.3. The molecule has 0 aliphatic heterocycles. The number of benzene rings is 4. The quantitative estimate of drug-likeness (QED) is 0.215. The lowest BCUT2D eigenvalue weighted by atomic mass is 10.1. The molecule has 1 N–H and O–H groups in total. The third-order valence-corrected chi connectivity index (χ3v) is 6.41. The SMILES string of the molecule is c1ccc(COc2ccc(-c3nc(-c4ccncc4)c(-c4ccccc4)[nH]3)cc2OCc2ccccc2)cc1. The van der Waals surface area contributed by atoms with Crippen molar-refractivity contribution in [2.24, 2.45) is 0 Å². The molecule has 39 heavy (non-hydrogen) atoms. The molecule has 0 atom stereocenters. The van der Waals surface area contributed by atoms with Crippen LogP contribution in [0.4, 0.5) is 0 Å². The van der Waals surface area contributed by atoms with E-state index >= 15 is 0 Å². The summed E-state index contributed by atoms with van der Waals surface area (Å²) < 4.78 is 12.5. The monoisotopic (exact) mass is 509 g/mol. The predicted molar refractivity (Wildman–Crippen MR) is 154 cm³/mol. The Hall–Kier alpha value is -5.16. The summed E-state index contributed by atoms with van der Waals surface area (Å²) in [6.45, 7) is 0.884. The molecule has 0 fully saturated rings. The van der Waals surface area contributed by atoms with Crippen LogP contribution < -0.4 is 9.47 Å². The smallest absolute Gasteiger partial charge is 0.162 e. The van der Waals surface area contributed by atoms with Crippen molar-refractivity contribution < 1.29 is 9.47 Å². The van der Waals surface area contributed by atoms with Gasteiger partial charge in [-0.05, 0) is 41.5 Å².